The SMILES string of the molecule is CCNC(=NCC(O)c1cccc(OC)c1)N(C)Cc1cnn(C)c1. The van der Waals surface area contributed by atoms with Crippen LogP contribution >= 0.6 is 0 Å². The highest BCUT2D eigenvalue weighted by atomic mass is 16.5. The molecule has 7 heteroatoms. The number of benzene rings is 1. The molecule has 0 bridgehead atoms. The van der Waals surface area contributed by atoms with Crippen molar-refractivity contribution in [3.05, 3.63) is 47.8 Å². The van der Waals surface area contributed by atoms with Crippen molar-refractivity contribution in [3.63, 3.8) is 0 Å². The summed E-state index contributed by atoms with van der Waals surface area (Å²) in [6.07, 6.45) is 3.13. The Balaban J connectivity index is 2.04. The van der Waals surface area contributed by atoms with Gasteiger partial charge in [0.1, 0.15) is 5.75 Å². The summed E-state index contributed by atoms with van der Waals surface area (Å²) < 4.78 is 6.98. The van der Waals surface area contributed by atoms with Crippen LogP contribution in [-0.4, -0.2) is 53.0 Å². The van der Waals surface area contributed by atoms with Crippen molar-refractivity contribution in [2.45, 2.75) is 19.6 Å². The minimum absolute atomic E-state index is 0.271. The molecule has 1 heterocycles. The molecule has 2 rings (SSSR count). The van der Waals surface area contributed by atoms with Gasteiger partial charge in [-0.1, -0.05) is 12.1 Å². The Hall–Kier alpha value is -2.54. The average Bonchev–Trinajstić information content (AvgIpc) is 3.03. The second-order valence-electron chi connectivity index (χ2n) is 5.87. The predicted octanol–water partition coefficient (Wildman–Crippen LogP) is 1.56. The van der Waals surface area contributed by atoms with E-state index in [2.05, 4.69) is 15.4 Å². The summed E-state index contributed by atoms with van der Waals surface area (Å²) in [7, 11) is 5.47. The molecule has 136 valence electrons. The van der Waals surface area contributed by atoms with Gasteiger partial charge in [0.2, 0.25) is 0 Å². The van der Waals surface area contributed by atoms with Gasteiger partial charge in [-0.15, -0.1) is 0 Å². The van der Waals surface area contributed by atoms with Gasteiger partial charge in [0, 0.05) is 38.9 Å². The minimum Gasteiger partial charge on any atom is -0.497 e. The summed E-state index contributed by atoms with van der Waals surface area (Å²) in [6.45, 7) is 3.74. The number of aliphatic imine (C=N–C) groups is 1. The fourth-order valence-electron chi connectivity index (χ4n) is 2.50. The third-order valence-corrected chi connectivity index (χ3v) is 3.77. The maximum absolute atomic E-state index is 10.4. The highest BCUT2D eigenvalue weighted by molar-refractivity contribution is 5.79. The normalized spacial score (nSPS) is 12.8. The first-order valence-corrected chi connectivity index (χ1v) is 8.32. The molecule has 1 aromatic carbocycles. The summed E-state index contributed by atoms with van der Waals surface area (Å²) in [4.78, 5) is 6.57. The lowest BCUT2D eigenvalue weighted by Crippen LogP contribution is -2.38. The summed E-state index contributed by atoms with van der Waals surface area (Å²) in [6, 6.07) is 7.41. The second-order valence-corrected chi connectivity index (χ2v) is 5.87. The van der Waals surface area contributed by atoms with Gasteiger partial charge in [-0.3, -0.25) is 9.67 Å². The molecule has 0 radical (unpaired) electrons. The Morgan fingerprint density at radius 1 is 1.48 bits per heavy atom. The number of hydrogen-bond donors (Lipinski definition) is 2. The Kier molecular flexibility index (Phi) is 6.82. The molecule has 1 aromatic heterocycles. The van der Waals surface area contributed by atoms with Gasteiger partial charge in [0.05, 0.1) is 26.0 Å². The van der Waals surface area contributed by atoms with Crippen molar-refractivity contribution >= 4 is 5.96 Å². The van der Waals surface area contributed by atoms with Crippen LogP contribution in [0.15, 0.2) is 41.7 Å². The number of rotatable bonds is 7. The van der Waals surface area contributed by atoms with Gasteiger partial charge >= 0.3 is 0 Å². The van der Waals surface area contributed by atoms with Gasteiger partial charge in [-0.25, -0.2) is 0 Å². The zero-order chi connectivity index (χ0) is 18.2. The Morgan fingerprint density at radius 2 is 2.28 bits per heavy atom. The van der Waals surface area contributed by atoms with Gasteiger partial charge < -0.3 is 20.1 Å². The number of guanidine groups is 1. The molecule has 0 fully saturated rings. The largest absolute Gasteiger partial charge is 0.497 e. The van der Waals surface area contributed by atoms with Crippen LogP contribution in [0.4, 0.5) is 0 Å². The van der Waals surface area contributed by atoms with E-state index in [-0.39, 0.29) is 6.54 Å². The van der Waals surface area contributed by atoms with Crippen LogP contribution in [0.2, 0.25) is 0 Å². The fourth-order valence-corrected chi connectivity index (χ4v) is 2.50. The number of aliphatic hydroxyl groups excluding tert-OH is 1. The molecule has 2 aromatic rings. The van der Waals surface area contributed by atoms with Gasteiger partial charge in [0.25, 0.3) is 0 Å². The molecule has 1 unspecified atom stereocenters. The maximum Gasteiger partial charge on any atom is 0.194 e. The van der Waals surface area contributed by atoms with Gasteiger partial charge in [-0.05, 0) is 24.6 Å². The molecule has 7 nitrogen and oxygen atoms in total. The van der Waals surface area contributed by atoms with E-state index in [1.165, 1.54) is 0 Å². The first-order chi connectivity index (χ1) is 12.0. The number of nitrogens with one attached hydrogen (secondary N) is 1. The number of hydrogen-bond acceptors (Lipinski definition) is 4. The summed E-state index contributed by atoms with van der Waals surface area (Å²) in [5.41, 5.74) is 1.89. The smallest absolute Gasteiger partial charge is 0.194 e. The number of nitrogens with zero attached hydrogens (tertiary/aromatic N) is 4. The van der Waals surface area contributed by atoms with Crippen LogP contribution in [0, 0.1) is 0 Å². The van der Waals surface area contributed by atoms with E-state index >= 15 is 0 Å². The van der Waals surface area contributed by atoms with Crippen molar-refractivity contribution in [1.82, 2.24) is 20.0 Å². The maximum atomic E-state index is 10.4. The van der Waals surface area contributed by atoms with Crippen molar-refractivity contribution in [1.29, 1.82) is 0 Å². The number of aliphatic hydroxyl groups is 1. The minimum atomic E-state index is -0.685. The number of aromatic nitrogens is 2. The first-order valence-electron chi connectivity index (χ1n) is 8.32. The number of methoxy groups -OCH3 is 1. The zero-order valence-corrected chi connectivity index (χ0v) is 15.3. The summed E-state index contributed by atoms with van der Waals surface area (Å²) in [5, 5.41) is 17.8. The summed E-state index contributed by atoms with van der Waals surface area (Å²) in [5.74, 6) is 1.47. The predicted molar refractivity (Wildman–Crippen MR) is 98.6 cm³/mol. The van der Waals surface area contributed by atoms with Crippen LogP contribution in [0.25, 0.3) is 0 Å². The van der Waals surface area contributed by atoms with Crippen LogP contribution in [0.1, 0.15) is 24.2 Å². The summed E-state index contributed by atoms with van der Waals surface area (Å²) >= 11 is 0. The molecule has 0 saturated heterocycles. The standard InChI is InChI=1S/C18H27N5O2/c1-5-19-18(22(2)12-14-10-21-23(3)13-14)20-11-17(24)15-7-6-8-16(9-15)25-4/h6-10,13,17,24H,5,11-12H2,1-4H3,(H,19,20). The lowest BCUT2D eigenvalue weighted by atomic mass is 10.1. The van der Waals surface area contributed by atoms with E-state index in [4.69, 9.17) is 4.74 Å². The van der Waals surface area contributed by atoms with Crippen molar-refractivity contribution < 1.29 is 9.84 Å². The van der Waals surface area contributed by atoms with E-state index in [0.29, 0.717) is 6.54 Å². The Bertz CT molecular complexity index is 698. The lowest BCUT2D eigenvalue weighted by molar-refractivity contribution is 0.186. The third-order valence-electron chi connectivity index (χ3n) is 3.77. The number of aryl methyl sites for hydroxylation is 1. The van der Waals surface area contributed by atoms with Crippen molar-refractivity contribution in [2.24, 2.45) is 12.0 Å². The molecule has 0 spiro atoms. The molecule has 0 saturated carbocycles. The molecule has 0 aliphatic rings. The molecule has 0 amide bonds. The fraction of sp³-hybridized carbons (Fsp3) is 0.444. The topological polar surface area (TPSA) is 74.9 Å². The molecule has 25 heavy (non-hydrogen) atoms. The molecular weight excluding hydrogens is 318 g/mol. The first kappa shape index (κ1) is 18.8. The van der Waals surface area contributed by atoms with Crippen LogP contribution in [0.3, 0.4) is 0 Å². The lowest BCUT2D eigenvalue weighted by Gasteiger charge is -2.22. The number of ether oxygens (including phenoxy) is 1. The highest BCUT2D eigenvalue weighted by Crippen LogP contribution is 2.19. The monoisotopic (exact) mass is 345 g/mol. The van der Waals surface area contributed by atoms with E-state index in [9.17, 15) is 5.11 Å². The van der Waals surface area contributed by atoms with Gasteiger partial charge in [0.15, 0.2) is 5.96 Å². The molecule has 1 atom stereocenters. The van der Waals surface area contributed by atoms with E-state index < -0.39 is 6.10 Å². The van der Waals surface area contributed by atoms with Crippen molar-refractivity contribution in [2.75, 3.05) is 27.2 Å². The van der Waals surface area contributed by atoms with Crippen LogP contribution in [0.5, 0.6) is 5.75 Å². The average molecular weight is 345 g/mol. The Morgan fingerprint density at radius 3 is 2.92 bits per heavy atom. The Labute approximate surface area is 148 Å². The van der Waals surface area contributed by atoms with Gasteiger partial charge in [-0.2, -0.15) is 5.10 Å². The van der Waals surface area contributed by atoms with Crippen LogP contribution < -0.4 is 10.1 Å². The van der Waals surface area contributed by atoms with Crippen LogP contribution in [-0.2, 0) is 13.6 Å². The molecular formula is C18H27N5O2. The third kappa shape index (κ3) is 5.49. The molecule has 0 aliphatic heterocycles. The molecule has 2 N–H and O–H groups in total. The molecule has 0 aliphatic carbocycles. The second kappa shape index (κ2) is 9.08. The van der Waals surface area contributed by atoms with E-state index in [0.717, 1.165) is 29.4 Å². The quantitative estimate of drug-likeness (QED) is 0.588. The van der Waals surface area contributed by atoms with E-state index in [1.54, 1.807) is 11.8 Å². The van der Waals surface area contributed by atoms with Crippen molar-refractivity contribution in [3.8, 4) is 5.75 Å². The zero-order valence-electron chi connectivity index (χ0n) is 15.3. The highest BCUT2D eigenvalue weighted by Gasteiger charge is 2.11. The van der Waals surface area contributed by atoms with E-state index in [1.807, 2.05) is 62.6 Å².